The van der Waals surface area contributed by atoms with Crippen LogP contribution in [0.5, 0.6) is 5.75 Å². The van der Waals surface area contributed by atoms with E-state index < -0.39 is 10.0 Å². The number of benzene rings is 3. The Labute approximate surface area is 174 Å². The van der Waals surface area contributed by atoms with Crippen molar-refractivity contribution in [3.8, 4) is 5.75 Å². The third kappa shape index (κ3) is 5.25. The van der Waals surface area contributed by atoms with Crippen LogP contribution in [-0.4, -0.2) is 19.3 Å². The number of carbonyl (C=O) groups excluding carboxylic acids is 1. The van der Waals surface area contributed by atoms with E-state index in [9.17, 15) is 18.3 Å². The quantitative estimate of drug-likeness (QED) is 0.426. The lowest BCUT2D eigenvalue weighted by molar-refractivity contribution is 0.104. The number of aromatic hydroxyl groups is 1. The molecule has 3 aromatic rings. The van der Waals surface area contributed by atoms with E-state index in [1.54, 1.807) is 24.3 Å². The summed E-state index contributed by atoms with van der Waals surface area (Å²) in [4.78, 5) is 12.5. The van der Waals surface area contributed by atoms with Gasteiger partial charge in [0.15, 0.2) is 5.78 Å². The van der Waals surface area contributed by atoms with Crippen molar-refractivity contribution in [1.82, 2.24) is 0 Å². The van der Waals surface area contributed by atoms with Crippen LogP contribution < -0.4 is 4.72 Å². The van der Waals surface area contributed by atoms with Crippen molar-refractivity contribution in [3.63, 3.8) is 0 Å². The first-order chi connectivity index (χ1) is 13.7. The molecule has 3 rings (SSSR count). The third-order valence-corrected chi connectivity index (χ3v) is 5.88. The summed E-state index contributed by atoms with van der Waals surface area (Å²) in [6.45, 7) is 1.88. The summed E-state index contributed by atoms with van der Waals surface area (Å²) in [5.41, 5.74) is 2.32. The zero-order chi connectivity index (χ0) is 21.0. The molecule has 0 aliphatic heterocycles. The van der Waals surface area contributed by atoms with Crippen LogP contribution in [0, 0.1) is 6.92 Å². The zero-order valence-electron chi connectivity index (χ0n) is 15.5. The average molecular weight is 428 g/mol. The van der Waals surface area contributed by atoms with Gasteiger partial charge in [-0.2, -0.15) is 0 Å². The van der Waals surface area contributed by atoms with E-state index in [0.29, 0.717) is 21.8 Å². The maximum absolute atomic E-state index is 12.4. The van der Waals surface area contributed by atoms with Gasteiger partial charge in [0, 0.05) is 11.3 Å². The number of phenolic OH excluding ortho intramolecular Hbond substituents is 1. The first-order valence-corrected chi connectivity index (χ1v) is 10.5. The van der Waals surface area contributed by atoms with Crippen molar-refractivity contribution in [1.29, 1.82) is 0 Å². The molecule has 0 aliphatic rings. The molecule has 0 atom stereocenters. The van der Waals surface area contributed by atoms with Crippen LogP contribution >= 0.6 is 11.6 Å². The summed E-state index contributed by atoms with van der Waals surface area (Å²) in [6.07, 6.45) is 2.92. The van der Waals surface area contributed by atoms with Gasteiger partial charge in [-0.1, -0.05) is 29.3 Å². The molecule has 0 bridgehead atoms. The second-order valence-corrected chi connectivity index (χ2v) is 8.49. The van der Waals surface area contributed by atoms with E-state index in [4.69, 9.17) is 11.6 Å². The molecular weight excluding hydrogens is 410 g/mol. The van der Waals surface area contributed by atoms with E-state index in [0.717, 1.165) is 5.56 Å². The highest BCUT2D eigenvalue weighted by Crippen LogP contribution is 2.23. The monoisotopic (exact) mass is 427 g/mol. The van der Waals surface area contributed by atoms with Crippen LogP contribution in [-0.2, 0) is 10.0 Å². The average Bonchev–Trinajstić information content (AvgIpc) is 2.68. The fourth-order valence-corrected chi connectivity index (χ4v) is 3.84. The predicted octanol–water partition coefficient (Wildman–Crippen LogP) is 5.05. The number of ketones is 1. The summed E-state index contributed by atoms with van der Waals surface area (Å²) >= 11 is 6.01. The fraction of sp³-hybridized carbons (Fsp3) is 0.0455. The minimum Gasteiger partial charge on any atom is -0.508 e. The topological polar surface area (TPSA) is 83.5 Å². The van der Waals surface area contributed by atoms with Crippen LogP contribution in [0.4, 0.5) is 5.69 Å². The lowest BCUT2D eigenvalue weighted by Gasteiger charge is -2.08. The number of halogens is 1. The number of rotatable bonds is 6. The summed E-state index contributed by atoms with van der Waals surface area (Å²) < 4.78 is 27.3. The van der Waals surface area contributed by atoms with Crippen molar-refractivity contribution in [2.24, 2.45) is 0 Å². The van der Waals surface area contributed by atoms with Gasteiger partial charge in [0.25, 0.3) is 10.0 Å². The van der Waals surface area contributed by atoms with Gasteiger partial charge in [-0.25, -0.2) is 8.42 Å². The van der Waals surface area contributed by atoms with E-state index in [2.05, 4.69) is 4.72 Å². The molecule has 0 saturated carbocycles. The van der Waals surface area contributed by atoms with Gasteiger partial charge >= 0.3 is 0 Å². The minimum atomic E-state index is -3.70. The van der Waals surface area contributed by atoms with Crippen molar-refractivity contribution >= 4 is 39.2 Å². The molecule has 0 spiro atoms. The van der Waals surface area contributed by atoms with E-state index >= 15 is 0 Å². The number of carbonyl (C=O) groups is 1. The Bertz CT molecular complexity index is 1170. The van der Waals surface area contributed by atoms with Crippen molar-refractivity contribution in [2.75, 3.05) is 4.72 Å². The number of allylic oxidation sites excluding steroid dienone is 1. The van der Waals surface area contributed by atoms with E-state index in [1.807, 2.05) is 6.92 Å². The van der Waals surface area contributed by atoms with Gasteiger partial charge in [-0.15, -0.1) is 0 Å². The van der Waals surface area contributed by atoms with Gasteiger partial charge < -0.3 is 5.11 Å². The highest BCUT2D eigenvalue weighted by molar-refractivity contribution is 7.92. The number of hydrogen-bond acceptors (Lipinski definition) is 4. The summed E-state index contributed by atoms with van der Waals surface area (Å²) in [6, 6.07) is 17.1. The highest BCUT2D eigenvalue weighted by Gasteiger charge is 2.14. The molecule has 0 fully saturated rings. The standard InChI is InChI=1S/C22H18ClNO4S/c1-15-2-11-20(12-3-15)29(27,28)24-18-8-4-17(5-9-18)22(26)13-7-16-6-10-19(25)14-21(16)23/h2-14,24-25H,1H3/b13-7+. The Morgan fingerprint density at radius 3 is 2.28 bits per heavy atom. The van der Waals surface area contributed by atoms with E-state index in [1.165, 1.54) is 54.6 Å². The third-order valence-electron chi connectivity index (χ3n) is 4.15. The highest BCUT2D eigenvalue weighted by atomic mass is 35.5. The molecule has 0 aliphatic carbocycles. The lowest BCUT2D eigenvalue weighted by atomic mass is 10.1. The Morgan fingerprint density at radius 1 is 1.00 bits per heavy atom. The smallest absolute Gasteiger partial charge is 0.261 e. The Morgan fingerprint density at radius 2 is 1.66 bits per heavy atom. The molecule has 0 saturated heterocycles. The number of hydrogen-bond donors (Lipinski definition) is 2. The second-order valence-electron chi connectivity index (χ2n) is 6.40. The van der Waals surface area contributed by atoms with Crippen LogP contribution in [0.25, 0.3) is 6.08 Å². The molecule has 148 valence electrons. The molecule has 2 N–H and O–H groups in total. The zero-order valence-corrected chi connectivity index (χ0v) is 17.0. The Hall–Kier alpha value is -3.09. The summed E-state index contributed by atoms with van der Waals surface area (Å²) in [5.74, 6) is -0.218. The molecule has 5 nitrogen and oxygen atoms in total. The van der Waals surface area contributed by atoms with Gasteiger partial charge in [0.2, 0.25) is 0 Å². The molecule has 0 amide bonds. The first kappa shape index (κ1) is 20.6. The molecule has 7 heteroatoms. The molecule has 0 aromatic heterocycles. The fourth-order valence-electron chi connectivity index (χ4n) is 2.55. The summed E-state index contributed by atoms with van der Waals surface area (Å²) in [7, 11) is -3.70. The second kappa shape index (κ2) is 8.51. The van der Waals surface area contributed by atoms with Gasteiger partial charge in [0.1, 0.15) is 5.75 Å². The Kier molecular flexibility index (Phi) is 6.06. The maximum Gasteiger partial charge on any atom is 0.261 e. The van der Waals surface area contributed by atoms with Crippen molar-refractivity contribution in [3.05, 3.63) is 94.5 Å². The van der Waals surface area contributed by atoms with Crippen molar-refractivity contribution in [2.45, 2.75) is 11.8 Å². The molecular formula is C22H18ClNO4S. The largest absolute Gasteiger partial charge is 0.508 e. The Balaban J connectivity index is 1.71. The van der Waals surface area contributed by atoms with Crippen LogP contribution in [0.2, 0.25) is 5.02 Å². The minimum absolute atomic E-state index is 0.0437. The SMILES string of the molecule is Cc1ccc(S(=O)(=O)Nc2ccc(C(=O)/C=C/c3ccc(O)cc3Cl)cc2)cc1. The van der Waals surface area contributed by atoms with Crippen LogP contribution in [0.1, 0.15) is 21.5 Å². The lowest BCUT2D eigenvalue weighted by Crippen LogP contribution is -2.13. The van der Waals surface area contributed by atoms with Crippen LogP contribution in [0.3, 0.4) is 0 Å². The molecule has 0 heterocycles. The van der Waals surface area contributed by atoms with Crippen molar-refractivity contribution < 1.29 is 18.3 Å². The molecule has 0 unspecified atom stereocenters. The first-order valence-electron chi connectivity index (χ1n) is 8.65. The maximum atomic E-state index is 12.4. The van der Waals surface area contributed by atoms with Crippen LogP contribution in [0.15, 0.2) is 77.7 Å². The van der Waals surface area contributed by atoms with Gasteiger partial charge in [-0.05, 0) is 79.2 Å². The number of anilines is 1. The number of aryl methyl sites for hydroxylation is 1. The van der Waals surface area contributed by atoms with Gasteiger partial charge in [-0.3, -0.25) is 9.52 Å². The summed E-state index contributed by atoms with van der Waals surface area (Å²) in [5, 5.41) is 9.69. The van der Waals surface area contributed by atoms with E-state index in [-0.39, 0.29) is 16.4 Å². The molecule has 3 aromatic carbocycles. The number of sulfonamides is 1. The predicted molar refractivity (Wildman–Crippen MR) is 115 cm³/mol. The molecule has 0 radical (unpaired) electrons. The molecule has 29 heavy (non-hydrogen) atoms. The van der Waals surface area contributed by atoms with Gasteiger partial charge in [0.05, 0.1) is 9.92 Å². The normalized spacial score (nSPS) is 11.5. The number of nitrogens with one attached hydrogen (secondary N) is 1. The number of phenols is 1.